The predicted molar refractivity (Wildman–Crippen MR) is 92.4 cm³/mol. The van der Waals surface area contributed by atoms with Crippen molar-refractivity contribution in [2.75, 3.05) is 18.6 Å². The molecular weight excluding hydrogens is 350 g/mol. The van der Waals surface area contributed by atoms with Gasteiger partial charge < -0.3 is 5.32 Å². The van der Waals surface area contributed by atoms with Crippen molar-refractivity contribution < 1.29 is 8.42 Å². The monoisotopic (exact) mass is 369 g/mol. The lowest BCUT2D eigenvalue weighted by atomic mass is 10.0. The lowest BCUT2D eigenvalue weighted by Gasteiger charge is -2.18. The number of rotatable bonds is 6. The van der Waals surface area contributed by atoms with E-state index >= 15 is 0 Å². The Kier molecular flexibility index (Phi) is 5.41. The summed E-state index contributed by atoms with van der Waals surface area (Å²) in [7, 11) is -2.94. The molecule has 0 bridgehead atoms. The number of hydrogen-bond acceptors (Lipinski definition) is 3. The van der Waals surface area contributed by atoms with Crippen LogP contribution in [0.25, 0.3) is 10.8 Å². The van der Waals surface area contributed by atoms with Gasteiger partial charge in [-0.05, 0) is 47.5 Å². The normalized spacial score (nSPS) is 13.5. The first-order chi connectivity index (χ1) is 9.89. The third-order valence-electron chi connectivity index (χ3n) is 3.46. The molecular formula is C16H20BrNO2S. The van der Waals surface area contributed by atoms with Crippen LogP contribution in [-0.4, -0.2) is 27.0 Å². The molecule has 21 heavy (non-hydrogen) atoms. The molecule has 0 aromatic heterocycles. The van der Waals surface area contributed by atoms with Crippen LogP contribution in [0.3, 0.4) is 0 Å². The first-order valence-electron chi connectivity index (χ1n) is 6.99. The van der Waals surface area contributed by atoms with Crippen molar-refractivity contribution in [3.63, 3.8) is 0 Å². The van der Waals surface area contributed by atoms with E-state index < -0.39 is 9.84 Å². The van der Waals surface area contributed by atoms with Gasteiger partial charge in [0, 0.05) is 16.8 Å². The van der Waals surface area contributed by atoms with Crippen molar-refractivity contribution in [1.29, 1.82) is 0 Å². The highest BCUT2D eigenvalue weighted by Gasteiger charge is 2.14. The molecule has 1 atom stereocenters. The molecule has 5 heteroatoms. The summed E-state index contributed by atoms with van der Waals surface area (Å²) >= 11 is 3.47. The van der Waals surface area contributed by atoms with Crippen molar-refractivity contribution in [1.82, 2.24) is 5.32 Å². The summed E-state index contributed by atoms with van der Waals surface area (Å²) in [4.78, 5) is 0. The Morgan fingerprint density at radius 2 is 1.81 bits per heavy atom. The van der Waals surface area contributed by atoms with Crippen LogP contribution in [0.5, 0.6) is 0 Å². The van der Waals surface area contributed by atoms with E-state index in [1.807, 2.05) is 13.0 Å². The molecule has 0 aliphatic carbocycles. The van der Waals surface area contributed by atoms with Crippen LogP contribution in [-0.2, 0) is 9.84 Å². The van der Waals surface area contributed by atoms with E-state index in [2.05, 4.69) is 51.6 Å². The Labute approximate surface area is 134 Å². The molecule has 0 fully saturated rings. The highest BCUT2D eigenvalue weighted by atomic mass is 79.9. The van der Waals surface area contributed by atoms with Crippen molar-refractivity contribution >= 4 is 36.5 Å². The second-order valence-electron chi connectivity index (χ2n) is 5.28. The fraction of sp³-hybridized carbons (Fsp3) is 0.375. The van der Waals surface area contributed by atoms with E-state index in [-0.39, 0.29) is 11.8 Å². The molecule has 114 valence electrons. The fourth-order valence-electron chi connectivity index (χ4n) is 2.42. The molecule has 0 saturated heterocycles. The average Bonchev–Trinajstić information content (AvgIpc) is 2.42. The number of nitrogens with one attached hydrogen (secondary N) is 1. The quantitative estimate of drug-likeness (QED) is 0.844. The van der Waals surface area contributed by atoms with Crippen molar-refractivity contribution in [3.05, 3.63) is 46.4 Å². The Morgan fingerprint density at radius 3 is 2.48 bits per heavy atom. The fourth-order valence-corrected chi connectivity index (χ4v) is 3.46. The third-order valence-corrected chi connectivity index (χ3v) is 4.93. The molecule has 0 saturated carbocycles. The molecule has 0 heterocycles. The zero-order valence-electron chi connectivity index (χ0n) is 12.3. The van der Waals surface area contributed by atoms with E-state index in [1.165, 1.54) is 11.6 Å². The molecule has 0 radical (unpaired) electrons. The van der Waals surface area contributed by atoms with Gasteiger partial charge in [0.1, 0.15) is 9.84 Å². The molecule has 0 aliphatic heterocycles. The van der Waals surface area contributed by atoms with E-state index in [9.17, 15) is 8.42 Å². The van der Waals surface area contributed by atoms with Gasteiger partial charge in [0.2, 0.25) is 0 Å². The Balaban J connectivity index is 2.29. The summed E-state index contributed by atoms with van der Waals surface area (Å²) < 4.78 is 23.8. The minimum atomic E-state index is -2.94. The molecule has 0 aliphatic rings. The summed E-state index contributed by atoms with van der Waals surface area (Å²) in [6.45, 7) is 2.85. The summed E-state index contributed by atoms with van der Waals surface area (Å²) in [5, 5.41) is 5.71. The first-order valence-corrected chi connectivity index (χ1v) is 9.85. The van der Waals surface area contributed by atoms with Crippen LogP contribution in [0.4, 0.5) is 0 Å². The predicted octanol–water partition coefficient (Wildman–Crippen LogP) is 3.69. The number of hydrogen-bond donors (Lipinski definition) is 1. The zero-order valence-corrected chi connectivity index (χ0v) is 14.7. The van der Waals surface area contributed by atoms with Crippen LogP contribution in [0.2, 0.25) is 0 Å². The highest BCUT2D eigenvalue weighted by molar-refractivity contribution is 9.10. The van der Waals surface area contributed by atoms with Crippen LogP contribution in [0, 0.1) is 0 Å². The van der Waals surface area contributed by atoms with Crippen molar-refractivity contribution in [3.8, 4) is 0 Å². The molecule has 0 spiro atoms. The van der Waals surface area contributed by atoms with Gasteiger partial charge in [-0.3, -0.25) is 0 Å². The number of benzene rings is 2. The summed E-state index contributed by atoms with van der Waals surface area (Å²) in [5.74, 6) is 0.197. The maximum absolute atomic E-state index is 11.4. The largest absolute Gasteiger partial charge is 0.310 e. The van der Waals surface area contributed by atoms with Gasteiger partial charge in [-0.1, -0.05) is 41.1 Å². The number of halogens is 1. The highest BCUT2D eigenvalue weighted by Crippen LogP contribution is 2.25. The van der Waals surface area contributed by atoms with Gasteiger partial charge in [0.25, 0.3) is 0 Å². The minimum Gasteiger partial charge on any atom is -0.310 e. The molecule has 2 aromatic rings. The number of fused-ring (bicyclic) bond motifs is 1. The second-order valence-corrected chi connectivity index (χ2v) is 8.46. The van der Waals surface area contributed by atoms with E-state index in [0.717, 1.165) is 22.0 Å². The van der Waals surface area contributed by atoms with Crippen LogP contribution >= 0.6 is 15.9 Å². The average molecular weight is 370 g/mol. The number of sulfone groups is 1. The van der Waals surface area contributed by atoms with E-state index in [1.54, 1.807) is 0 Å². The maximum atomic E-state index is 11.4. The zero-order chi connectivity index (χ0) is 15.5. The molecule has 1 unspecified atom stereocenters. The Bertz CT molecular complexity index is 728. The molecule has 3 nitrogen and oxygen atoms in total. The smallest absolute Gasteiger partial charge is 0.147 e. The first kappa shape index (κ1) is 16.5. The Hall–Kier alpha value is -0.910. The van der Waals surface area contributed by atoms with Gasteiger partial charge in [-0.2, -0.15) is 0 Å². The second kappa shape index (κ2) is 6.90. The third kappa shape index (κ3) is 4.80. The van der Waals surface area contributed by atoms with Gasteiger partial charge in [0.15, 0.2) is 0 Å². The van der Waals surface area contributed by atoms with Gasteiger partial charge in [-0.25, -0.2) is 8.42 Å². The maximum Gasteiger partial charge on any atom is 0.147 e. The van der Waals surface area contributed by atoms with Gasteiger partial charge in [0.05, 0.1) is 5.75 Å². The van der Waals surface area contributed by atoms with Crippen molar-refractivity contribution in [2.45, 2.75) is 19.4 Å². The van der Waals surface area contributed by atoms with Crippen LogP contribution in [0.1, 0.15) is 24.9 Å². The summed E-state index contributed by atoms with van der Waals surface area (Å²) in [5.41, 5.74) is 1.13. The lowest BCUT2D eigenvalue weighted by Crippen LogP contribution is -2.23. The molecule has 2 rings (SSSR count). The van der Waals surface area contributed by atoms with E-state index in [4.69, 9.17) is 0 Å². The summed E-state index contributed by atoms with van der Waals surface area (Å²) in [6.07, 6.45) is 1.88. The SMILES string of the molecule is CCNC(CCS(C)(=O)=O)c1ccc2cc(Br)ccc2c1. The van der Waals surface area contributed by atoms with Crippen molar-refractivity contribution in [2.24, 2.45) is 0 Å². The standard InChI is InChI=1S/C16H20BrNO2S/c1-3-18-16(8-9-21(2,19)20)14-5-4-13-11-15(17)7-6-12(13)10-14/h4-7,10-11,16,18H,3,8-9H2,1-2H3. The minimum absolute atomic E-state index is 0.0674. The van der Waals surface area contributed by atoms with Crippen LogP contribution in [0.15, 0.2) is 40.9 Å². The Morgan fingerprint density at radius 1 is 1.14 bits per heavy atom. The van der Waals surface area contributed by atoms with Gasteiger partial charge >= 0.3 is 0 Å². The molecule has 2 aromatic carbocycles. The lowest BCUT2D eigenvalue weighted by molar-refractivity contribution is 0.530. The van der Waals surface area contributed by atoms with E-state index in [0.29, 0.717) is 6.42 Å². The molecule has 1 N–H and O–H groups in total. The topological polar surface area (TPSA) is 46.2 Å². The summed E-state index contributed by atoms with van der Waals surface area (Å²) in [6, 6.07) is 12.5. The molecule has 0 amide bonds. The van der Waals surface area contributed by atoms with Gasteiger partial charge in [-0.15, -0.1) is 0 Å². The van der Waals surface area contributed by atoms with Crippen LogP contribution < -0.4 is 5.32 Å².